The molecule has 2 aromatic rings. The molecule has 24 heavy (non-hydrogen) atoms. The molecular formula is C20H25N3O. The van der Waals surface area contributed by atoms with Crippen molar-refractivity contribution in [1.82, 2.24) is 0 Å². The molecule has 0 saturated heterocycles. The van der Waals surface area contributed by atoms with Crippen molar-refractivity contribution in [3.05, 3.63) is 59.2 Å². The van der Waals surface area contributed by atoms with E-state index >= 15 is 0 Å². The van der Waals surface area contributed by atoms with Crippen LogP contribution < -0.4 is 15.8 Å². The summed E-state index contributed by atoms with van der Waals surface area (Å²) in [5.74, 6) is 2.07. The Morgan fingerprint density at radius 2 is 1.83 bits per heavy atom. The molecule has 0 heterocycles. The molecule has 0 aliphatic heterocycles. The van der Waals surface area contributed by atoms with E-state index < -0.39 is 0 Å². The highest BCUT2D eigenvalue weighted by Gasteiger charge is 2.22. The Morgan fingerprint density at radius 3 is 2.54 bits per heavy atom. The standard InChI is InChI=1S/C20H25N3O/c1-14-4-9-18(10-5-14)23-20(21)22-12-17-8-3-15(2)11-19(17)24-13-16-6-7-16/h3-5,8-11,16H,6-7,12-13H2,1-2H3,(H3,21,22,23). The van der Waals surface area contributed by atoms with Crippen LogP contribution in [-0.4, -0.2) is 12.6 Å². The Morgan fingerprint density at radius 1 is 1.12 bits per heavy atom. The number of rotatable bonds is 6. The molecular weight excluding hydrogens is 298 g/mol. The highest BCUT2D eigenvalue weighted by atomic mass is 16.5. The minimum atomic E-state index is 0.410. The molecule has 4 heteroatoms. The van der Waals surface area contributed by atoms with Crippen LogP contribution in [0.2, 0.25) is 0 Å². The van der Waals surface area contributed by atoms with Crippen LogP contribution in [0, 0.1) is 19.8 Å². The Bertz CT molecular complexity index is 718. The summed E-state index contributed by atoms with van der Waals surface area (Å²) in [5.41, 5.74) is 10.4. The number of nitrogens with one attached hydrogen (secondary N) is 1. The third-order valence-corrected chi connectivity index (χ3v) is 4.14. The van der Waals surface area contributed by atoms with Crippen LogP contribution in [-0.2, 0) is 6.54 Å². The van der Waals surface area contributed by atoms with Crippen molar-refractivity contribution < 1.29 is 4.74 Å². The fraction of sp³-hybridized carbons (Fsp3) is 0.350. The van der Waals surface area contributed by atoms with Crippen LogP contribution in [0.1, 0.15) is 29.5 Å². The maximum Gasteiger partial charge on any atom is 0.193 e. The molecule has 3 N–H and O–H groups in total. The molecule has 126 valence electrons. The van der Waals surface area contributed by atoms with Gasteiger partial charge in [0.05, 0.1) is 13.2 Å². The van der Waals surface area contributed by atoms with Crippen LogP contribution in [0.25, 0.3) is 0 Å². The lowest BCUT2D eigenvalue weighted by molar-refractivity contribution is 0.296. The van der Waals surface area contributed by atoms with E-state index in [9.17, 15) is 0 Å². The number of aryl methyl sites for hydroxylation is 2. The molecule has 0 radical (unpaired) electrons. The molecule has 0 amide bonds. The van der Waals surface area contributed by atoms with Crippen LogP contribution in [0.3, 0.4) is 0 Å². The molecule has 0 atom stereocenters. The number of guanidine groups is 1. The van der Waals surface area contributed by atoms with Gasteiger partial charge in [0.2, 0.25) is 0 Å². The third kappa shape index (κ3) is 4.75. The molecule has 2 aromatic carbocycles. The van der Waals surface area contributed by atoms with Crippen molar-refractivity contribution in [3.8, 4) is 5.75 Å². The molecule has 0 bridgehead atoms. The largest absolute Gasteiger partial charge is 0.493 e. The van der Waals surface area contributed by atoms with E-state index in [-0.39, 0.29) is 0 Å². The number of benzene rings is 2. The van der Waals surface area contributed by atoms with Crippen molar-refractivity contribution in [2.45, 2.75) is 33.2 Å². The zero-order chi connectivity index (χ0) is 16.9. The van der Waals surface area contributed by atoms with Gasteiger partial charge in [-0.3, -0.25) is 0 Å². The highest BCUT2D eigenvalue weighted by molar-refractivity contribution is 5.92. The lowest BCUT2D eigenvalue weighted by Crippen LogP contribution is -2.22. The second-order valence-electron chi connectivity index (χ2n) is 6.56. The SMILES string of the molecule is Cc1ccc(NC(N)=NCc2ccc(C)cc2OCC2CC2)cc1. The molecule has 0 spiro atoms. The molecule has 1 saturated carbocycles. The number of hydrogen-bond acceptors (Lipinski definition) is 2. The monoisotopic (exact) mass is 323 g/mol. The second kappa shape index (κ2) is 7.39. The predicted octanol–water partition coefficient (Wildman–Crippen LogP) is 4.02. The Hall–Kier alpha value is -2.49. The van der Waals surface area contributed by atoms with Crippen molar-refractivity contribution in [2.75, 3.05) is 11.9 Å². The Kier molecular flexibility index (Phi) is 5.04. The molecule has 0 aromatic heterocycles. The molecule has 1 aliphatic carbocycles. The summed E-state index contributed by atoms with van der Waals surface area (Å²) in [6, 6.07) is 14.3. The van der Waals surface area contributed by atoms with E-state index in [0.717, 1.165) is 29.5 Å². The fourth-order valence-corrected chi connectivity index (χ4v) is 2.41. The zero-order valence-corrected chi connectivity index (χ0v) is 14.4. The fourth-order valence-electron chi connectivity index (χ4n) is 2.41. The highest BCUT2D eigenvalue weighted by Crippen LogP contribution is 2.30. The number of aliphatic imine (C=N–C) groups is 1. The van der Waals surface area contributed by atoms with Gasteiger partial charge in [-0.2, -0.15) is 0 Å². The number of hydrogen-bond donors (Lipinski definition) is 2. The minimum Gasteiger partial charge on any atom is -0.493 e. The quantitative estimate of drug-likeness (QED) is 0.623. The molecule has 1 fully saturated rings. The van der Waals surface area contributed by atoms with Gasteiger partial charge in [0.15, 0.2) is 5.96 Å². The summed E-state index contributed by atoms with van der Waals surface area (Å²) < 4.78 is 5.98. The van der Waals surface area contributed by atoms with E-state index in [1.807, 2.05) is 24.3 Å². The van der Waals surface area contributed by atoms with Crippen LogP contribution in [0.4, 0.5) is 5.69 Å². The first-order chi connectivity index (χ1) is 11.6. The summed E-state index contributed by atoms with van der Waals surface area (Å²) in [7, 11) is 0. The van der Waals surface area contributed by atoms with E-state index in [0.29, 0.717) is 12.5 Å². The smallest absolute Gasteiger partial charge is 0.193 e. The first-order valence-electron chi connectivity index (χ1n) is 8.46. The Labute approximate surface area is 143 Å². The zero-order valence-electron chi connectivity index (χ0n) is 14.4. The summed E-state index contributed by atoms with van der Waals surface area (Å²) in [6.45, 7) is 5.44. The topological polar surface area (TPSA) is 59.6 Å². The summed E-state index contributed by atoms with van der Waals surface area (Å²) in [4.78, 5) is 4.45. The van der Waals surface area contributed by atoms with Gasteiger partial charge in [-0.15, -0.1) is 0 Å². The molecule has 3 rings (SSSR count). The van der Waals surface area contributed by atoms with Crippen molar-refractivity contribution >= 4 is 11.6 Å². The van der Waals surface area contributed by atoms with Gasteiger partial charge in [-0.05, 0) is 56.4 Å². The first-order valence-corrected chi connectivity index (χ1v) is 8.46. The number of ether oxygens (including phenoxy) is 1. The summed E-state index contributed by atoms with van der Waals surface area (Å²) >= 11 is 0. The van der Waals surface area contributed by atoms with Crippen LogP contribution in [0.15, 0.2) is 47.5 Å². The molecule has 0 unspecified atom stereocenters. The van der Waals surface area contributed by atoms with Gasteiger partial charge < -0.3 is 15.8 Å². The van der Waals surface area contributed by atoms with Crippen molar-refractivity contribution in [2.24, 2.45) is 16.6 Å². The minimum absolute atomic E-state index is 0.410. The maximum absolute atomic E-state index is 6.00. The molecule has 1 aliphatic rings. The second-order valence-corrected chi connectivity index (χ2v) is 6.56. The van der Waals surface area contributed by atoms with E-state index in [1.165, 1.54) is 24.0 Å². The van der Waals surface area contributed by atoms with Crippen LogP contribution >= 0.6 is 0 Å². The van der Waals surface area contributed by atoms with Gasteiger partial charge >= 0.3 is 0 Å². The van der Waals surface area contributed by atoms with Gasteiger partial charge in [0.25, 0.3) is 0 Å². The average Bonchev–Trinajstić information content (AvgIpc) is 3.38. The maximum atomic E-state index is 6.00. The van der Waals surface area contributed by atoms with Gasteiger partial charge in [-0.1, -0.05) is 29.8 Å². The number of nitrogens with zero attached hydrogens (tertiary/aromatic N) is 1. The third-order valence-electron chi connectivity index (χ3n) is 4.14. The summed E-state index contributed by atoms with van der Waals surface area (Å²) in [6.07, 6.45) is 2.57. The van der Waals surface area contributed by atoms with Gasteiger partial charge in [-0.25, -0.2) is 4.99 Å². The first kappa shape index (κ1) is 16.4. The lowest BCUT2D eigenvalue weighted by atomic mass is 10.1. The Balaban J connectivity index is 1.64. The van der Waals surface area contributed by atoms with Crippen molar-refractivity contribution in [1.29, 1.82) is 0 Å². The van der Waals surface area contributed by atoms with E-state index in [4.69, 9.17) is 10.5 Å². The van der Waals surface area contributed by atoms with E-state index in [2.05, 4.69) is 42.4 Å². The molecule has 4 nitrogen and oxygen atoms in total. The van der Waals surface area contributed by atoms with Gasteiger partial charge in [0, 0.05) is 11.3 Å². The van der Waals surface area contributed by atoms with Gasteiger partial charge in [0.1, 0.15) is 5.75 Å². The number of anilines is 1. The number of nitrogens with two attached hydrogens (primary N) is 1. The normalized spacial score (nSPS) is 14.5. The summed E-state index contributed by atoms with van der Waals surface area (Å²) in [5, 5.41) is 3.12. The average molecular weight is 323 g/mol. The van der Waals surface area contributed by atoms with Crippen LogP contribution in [0.5, 0.6) is 5.75 Å². The lowest BCUT2D eigenvalue weighted by Gasteiger charge is -2.11. The predicted molar refractivity (Wildman–Crippen MR) is 99.5 cm³/mol. The van der Waals surface area contributed by atoms with E-state index in [1.54, 1.807) is 0 Å². The van der Waals surface area contributed by atoms with Crippen molar-refractivity contribution in [3.63, 3.8) is 0 Å².